The van der Waals surface area contributed by atoms with Crippen LogP contribution in [-0.4, -0.2) is 28.8 Å². The summed E-state index contributed by atoms with van der Waals surface area (Å²) in [4.78, 5) is 33.5. The fourth-order valence-electron chi connectivity index (χ4n) is 4.03. The number of amidine groups is 1. The van der Waals surface area contributed by atoms with Gasteiger partial charge in [-0.2, -0.15) is 4.99 Å². The van der Waals surface area contributed by atoms with Crippen molar-refractivity contribution in [2.24, 2.45) is 4.99 Å². The van der Waals surface area contributed by atoms with Gasteiger partial charge < -0.3 is 10.1 Å². The van der Waals surface area contributed by atoms with Gasteiger partial charge in [0.05, 0.1) is 5.69 Å². The maximum Gasteiger partial charge on any atom is 0.330 e. The SMILES string of the molecule is O=C(c1ccccc1)[C@@H]1[C@@H](c2ccc(Br)cc2)OC(=Nc2ccccc2)N1C(=O)Nc1ccccc1. The minimum atomic E-state index is -0.972. The molecule has 7 heteroatoms. The number of nitrogens with zero attached hydrogens (tertiary/aromatic N) is 2. The first-order chi connectivity index (χ1) is 17.6. The van der Waals surface area contributed by atoms with Gasteiger partial charge in [0.25, 0.3) is 0 Å². The Morgan fingerprint density at radius 1 is 0.778 bits per heavy atom. The zero-order chi connectivity index (χ0) is 24.9. The molecule has 1 aliphatic rings. The highest BCUT2D eigenvalue weighted by Gasteiger charge is 2.49. The van der Waals surface area contributed by atoms with Crippen molar-refractivity contribution >= 4 is 45.1 Å². The molecule has 6 nitrogen and oxygen atoms in total. The Balaban J connectivity index is 1.62. The second kappa shape index (κ2) is 10.6. The van der Waals surface area contributed by atoms with E-state index in [1.54, 1.807) is 36.4 Å². The third-order valence-electron chi connectivity index (χ3n) is 5.75. The molecule has 0 aliphatic carbocycles. The van der Waals surface area contributed by atoms with Crippen LogP contribution < -0.4 is 5.32 Å². The summed E-state index contributed by atoms with van der Waals surface area (Å²) in [6.07, 6.45) is -0.755. The number of urea groups is 1. The molecule has 1 fully saturated rings. The fraction of sp³-hybridized carbons (Fsp3) is 0.0690. The van der Waals surface area contributed by atoms with E-state index in [1.807, 2.05) is 78.9 Å². The minimum absolute atomic E-state index is 0.0526. The lowest BCUT2D eigenvalue weighted by molar-refractivity contribution is 0.0848. The summed E-state index contributed by atoms with van der Waals surface area (Å²) in [5.41, 5.74) is 2.43. The standard InChI is InChI=1S/C29H22BrN3O3/c30-22-18-16-21(17-19-22)27-25(26(34)20-10-4-1-5-11-20)33(28(35)31-23-12-6-2-7-13-23)29(36-27)32-24-14-8-3-9-15-24/h1-19,25,27H,(H,31,35)/t25-,27-/m1/s1. The number of benzene rings is 4. The Hall–Kier alpha value is -4.23. The molecule has 1 N–H and O–H groups in total. The molecule has 0 bridgehead atoms. The number of amides is 2. The highest BCUT2D eigenvalue weighted by molar-refractivity contribution is 9.10. The summed E-state index contributed by atoms with van der Waals surface area (Å²) >= 11 is 3.46. The van der Waals surface area contributed by atoms with Crippen LogP contribution in [0, 0.1) is 0 Å². The number of hydrogen-bond donors (Lipinski definition) is 1. The molecule has 0 unspecified atom stereocenters. The number of carbonyl (C=O) groups excluding carboxylic acids is 2. The Morgan fingerprint density at radius 2 is 1.36 bits per heavy atom. The maximum atomic E-state index is 13.9. The van der Waals surface area contributed by atoms with Crippen molar-refractivity contribution < 1.29 is 14.3 Å². The van der Waals surface area contributed by atoms with Crippen LogP contribution in [0.25, 0.3) is 0 Å². The second-order valence-electron chi connectivity index (χ2n) is 8.16. The number of ketones is 1. The molecule has 2 amide bonds. The van der Waals surface area contributed by atoms with Gasteiger partial charge in [-0.05, 0) is 42.0 Å². The minimum Gasteiger partial charge on any atom is -0.454 e. The predicted molar refractivity (Wildman–Crippen MR) is 143 cm³/mol. The Labute approximate surface area is 217 Å². The summed E-state index contributed by atoms with van der Waals surface area (Å²) in [5, 5.41) is 2.88. The van der Waals surface area contributed by atoms with Crippen LogP contribution >= 0.6 is 15.9 Å². The Kier molecular flexibility index (Phi) is 6.91. The molecule has 0 saturated carbocycles. The molecular formula is C29H22BrN3O3. The molecule has 0 aromatic heterocycles. The zero-order valence-electron chi connectivity index (χ0n) is 19.1. The first-order valence-electron chi connectivity index (χ1n) is 11.4. The number of nitrogens with one attached hydrogen (secondary N) is 1. The molecule has 36 heavy (non-hydrogen) atoms. The predicted octanol–water partition coefficient (Wildman–Crippen LogP) is 6.99. The smallest absolute Gasteiger partial charge is 0.330 e. The molecule has 1 saturated heterocycles. The third kappa shape index (κ3) is 5.06. The summed E-state index contributed by atoms with van der Waals surface area (Å²) in [6, 6.07) is 33.3. The van der Waals surface area contributed by atoms with Crippen LogP contribution in [0.3, 0.4) is 0 Å². The van der Waals surface area contributed by atoms with Crippen molar-refractivity contribution in [3.05, 3.63) is 131 Å². The number of rotatable bonds is 5. The van der Waals surface area contributed by atoms with Crippen molar-refractivity contribution in [1.29, 1.82) is 0 Å². The van der Waals surface area contributed by atoms with Crippen LogP contribution in [-0.2, 0) is 4.74 Å². The molecule has 5 rings (SSSR count). The molecule has 2 atom stereocenters. The van der Waals surface area contributed by atoms with Crippen LogP contribution in [0.15, 0.2) is 125 Å². The van der Waals surface area contributed by atoms with Crippen molar-refractivity contribution in [3.8, 4) is 0 Å². The normalized spacial score (nSPS) is 18.0. The van der Waals surface area contributed by atoms with E-state index < -0.39 is 18.2 Å². The topological polar surface area (TPSA) is 71.0 Å². The first-order valence-corrected chi connectivity index (χ1v) is 12.2. The van der Waals surface area contributed by atoms with E-state index in [1.165, 1.54) is 4.90 Å². The number of halogens is 1. The van der Waals surface area contributed by atoms with Gasteiger partial charge in [-0.25, -0.2) is 9.69 Å². The van der Waals surface area contributed by atoms with Crippen LogP contribution in [0.1, 0.15) is 22.0 Å². The molecule has 0 radical (unpaired) electrons. The average molecular weight is 540 g/mol. The van der Waals surface area contributed by atoms with Gasteiger partial charge in [-0.3, -0.25) is 4.79 Å². The fourth-order valence-corrected chi connectivity index (χ4v) is 4.30. The van der Waals surface area contributed by atoms with Gasteiger partial charge in [0.15, 0.2) is 11.9 Å². The average Bonchev–Trinajstić information content (AvgIpc) is 3.29. The number of para-hydroxylation sites is 2. The molecule has 4 aromatic rings. The summed E-state index contributed by atoms with van der Waals surface area (Å²) in [5.74, 6) is -0.245. The van der Waals surface area contributed by atoms with Crippen LogP contribution in [0.2, 0.25) is 0 Å². The largest absolute Gasteiger partial charge is 0.454 e. The maximum absolute atomic E-state index is 13.9. The molecule has 1 heterocycles. The highest BCUT2D eigenvalue weighted by Crippen LogP contribution is 2.36. The van der Waals surface area contributed by atoms with Crippen LogP contribution in [0.4, 0.5) is 16.2 Å². The van der Waals surface area contributed by atoms with Gasteiger partial charge in [-0.1, -0.05) is 94.8 Å². The zero-order valence-corrected chi connectivity index (χ0v) is 20.7. The van der Waals surface area contributed by atoms with Gasteiger partial charge in [0.2, 0.25) is 0 Å². The number of hydrogen-bond acceptors (Lipinski definition) is 4. The number of anilines is 1. The van der Waals surface area contributed by atoms with E-state index in [2.05, 4.69) is 26.2 Å². The van der Waals surface area contributed by atoms with Gasteiger partial charge in [0.1, 0.15) is 6.04 Å². The van der Waals surface area contributed by atoms with E-state index in [-0.39, 0.29) is 11.8 Å². The van der Waals surface area contributed by atoms with E-state index in [0.717, 1.165) is 10.0 Å². The summed E-state index contributed by atoms with van der Waals surface area (Å²) in [7, 11) is 0. The molecule has 4 aromatic carbocycles. The molecule has 0 spiro atoms. The van der Waals surface area contributed by atoms with E-state index in [4.69, 9.17) is 4.74 Å². The summed E-state index contributed by atoms with van der Waals surface area (Å²) in [6.45, 7) is 0. The second-order valence-corrected chi connectivity index (χ2v) is 9.08. The molecule has 178 valence electrons. The van der Waals surface area contributed by atoms with E-state index in [9.17, 15) is 9.59 Å². The molecule has 1 aliphatic heterocycles. The first kappa shape index (κ1) is 23.5. The van der Waals surface area contributed by atoms with Crippen molar-refractivity contribution in [2.75, 3.05) is 5.32 Å². The lowest BCUT2D eigenvalue weighted by Crippen LogP contribution is -2.46. The third-order valence-corrected chi connectivity index (χ3v) is 6.28. The van der Waals surface area contributed by atoms with Gasteiger partial charge in [-0.15, -0.1) is 0 Å². The Bertz CT molecular complexity index is 1380. The molecular weight excluding hydrogens is 518 g/mol. The number of ether oxygens (including phenoxy) is 1. The van der Waals surface area contributed by atoms with E-state index >= 15 is 0 Å². The Morgan fingerprint density at radius 3 is 2.00 bits per heavy atom. The quantitative estimate of drug-likeness (QED) is 0.277. The lowest BCUT2D eigenvalue weighted by atomic mass is 9.94. The van der Waals surface area contributed by atoms with Crippen LogP contribution in [0.5, 0.6) is 0 Å². The summed E-state index contributed by atoms with van der Waals surface area (Å²) < 4.78 is 7.19. The van der Waals surface area contributed by atoms with Crippen molar-refractivity contribution in [2.45, 2.75) is 12.1 Å². The number of Topliss-reactive ketones (excluding diaryl/α,β-unsaturated/α-hetero) is 1. The van der Waals surface area contributed by atoms with Gasteiger partial charge >= 0.3 is 12.1 Å². The highest BCUT2D eigenvalue weighted by atomic mass is 79.9. The van der Waals surface area contributed by atoms with E-state index in [0.29, 0.717) is 16.9 Å². The lowest BCUT2D eigenvalue weighted by Gasteiger charge is -2.24. The monoisotopic (exact) mass is 539 g/mol. The van der Waals surface area contributed by atoms with Crippen molar-refractivity contribution in [3.63, 3.8) is 0 Å². The number of carbonyl (C=O) groups is 2. The van der Waals surface area contributed by atoms with Gasteiger partial charge in [0, 0.05) is 15.7 Å². The number of aliphatic imine (C=N–C) groups is 1. The van der Waals surface area contributed by atoms with Crippen molar-refractivity contribution in [1.82, 2.24) is 4.90 Å².